The number of carbonyl (C=O) groups excluding carboxylic acids is 1. The first-order valence-electron chi connectivity index (χ1n) is 7.75. The van der Waals surface area contributed by atoms with Crippen LogP contribution in [0, 0.1) is 0 Å². The van der Waals surface area contributed by atoms with Gasteiger partial charge in [0.15, 0.2) is 0 Å². The molecule has 22 heavy (non-hydrogen) atoms. The summed E-state index contributed by atoms with van der Waals surface area (Å²) in [7, 11) is 3.71. The number of anilines is 2. The highest BCUT2D eigenvalue weighted by Crippen LogP contribution is 2.26. The quantitative estimate of drug-likeness (QED) is 0.535. The van der Waals surface area contributed by atoms with Gasteiger partial charge in [-0.15, -0.1) is 0 Å². The van der Waals surface area contributed by atoms with Gasteiger partial charge in [-0.3, -0.25) is 10.1 Å². The molecule has 7 nitrogen and oxygen atoms in total. The van der Waals surface area contributed by atoms with E-state index in [4.69, 9.17) is 0 Å². The maximum absolute atomic E-state index is 10.8. The van der Waals surface area contributed by atoms with Crippen molar-refractivity contribution in [3.8, 4) is 0 Å². The van der Waals surface area contributed by atoms with Crippen LogP contribution in [0.4, 0.5) is 11.8 Å². The molecule has 7 heteroatoms. The Morgan fingerprint density at radius 2 is 1.95 bits per heavy atom. The van der Waals surface area contributed by atoms with Crippen LogP contribution < -0.4 is 20.9 Å². The fourth-order valence-corrected chi connectivity index (χ4v) is 2.72. The summed E-state index contributed by atoms with van der Waals surface area (Å²) >= 11 is 0. The van der Waals surface area contributed by atoms with E-state index in [9.17, 15) is 4.79 Å². The summed E-state index contributed by atoms with van der Waals surface area (Å²) in [4.78, 5) is 22.1. The summed E-state index contributed by atoms with van der Waals surface area (Å²) in [5, 5.41) is 9.17. The van der Waals surface area contributed by atoms with Crippen molar-refractivity contribution >= 4 is 18.2 Å². The first kappa shape index (κ1) is 16.5. The standard InChI is InChI=1S/C15H26N6O/c1-11(2)12-9-13(20-14(16-3)19-12)21-7-5-15(17-4,6-8-21)18-10-22/h9-11,17H,5-8H2,1-4H3,(H,18,22)(H,16,19,20). The summed E-state index contributed by atoms with van der Waals surface area (Å²) in [5.41, 5.74) is 0.726. The number of hydrogen-bond donors (Lipinski definition) is 3. The van der Waals surface area contributed by atoms with E-state index in [1.807, 2.05) is 14.1 Å². The van der Waals surface area contributed by atoms with Crippen LogP contribution in [-0.4, -0.2) is 49.2 Å². The molecule has 122 valence electrons. The number of carbonyl (C=O) groups is 1. The molecular weight excluding hydrogens is 280 g/mol. The second-order valence-electron chi connectivity index (χ2n) is 5.96. The summed E-state index contributed by atoms with van der Waals surface area (Å²) < 4.78 is 0. The van der Waals surface area contributed by atoms with Gasteiger partial charge in [-0.1, -0.05) is 13.8 Å². The van der Waals surface area contributed by atoms with Gasteiger partial charge in [0.25, 0.3) is 0 Å². The molecule has 1 amide bonds. The van der Waals surface area contributed by atoms with E-state index < -0.39 is 0 Å². The minimum absolute atomic E-state index is 0.308. The number of rotatable bonds is 6. The largest absolute Gasteiger partial charge is 0.357 e. The number of nitrogens with zero attached hydrogens (tertiary/aromatic N) is 3. The number of piperidine rings is 1. The number of hydrogen-bond acceptors (Lipinski definition) is 6. The van der Waals surface area contributed by atoms with Crippen LogP contribution >= 0.6 is 0 Å². The molecule has 0 saturated carbocycles. The van der Waals surface area contributed by atoms with Crippen molar-refractivity contribution in [1.29, 1.82) is 0 Å². The van der Waals surface area contributed by atoms with Gasteiger partial charge in [0.2, 0.25) is 12.4 Å². The summed E-state index contributed by atoms with van der Waals surface area (Å²) in [6.45, 7) is 5.92. The SMILES string of the molecule is CNc1nc(C(C)C)cc(N2CCC(NC)(NC=O)CC2)n1. The Morgan fingerprint density at radius 1 is 1.27 bits per heavy atom. The van der Waals surface area contributed by atoms with E-state index in [0.29, 0.717) is 11.9 Å². The van der Waals surface area contributed by atoms with Gasteiger partial charge in [0, 0.05) is 39.0 Å². The first-order valence-corrected chi connectivity index (χ1v) is 7.75. The fourth-order valence-electron chi connectivity index (χ4n) is 2.72. The van der Waals surface area contributed by atoms with Gasteiger partial charge in [-0.05, 0) is 13.0 Å². The van der Waals surface area contributed by atoms with Gasteiger partial charge in [0.1, 0.15) is 5.82 Å². The Hall–Kier alpha value is -1.89. The maximum Gasteiger partial charge on any atom is 0.224 e. The third-order valence-electron chi connectivity index (χ3n) is 4.30. The Morgan fingerprint density at radius 3 is 2.45 bits per heavy atom. The zero-order chi connectivity index (χ0) is 16.2. The van der Waals surface area contributed by atoms with Gasteiger partial charge < -0.3 is 15.5 Å². The summed E-state index contributed by atoms with van der Waals surface area (Å²) in [5.74, 6) is 1.95. The number of amides is 1. The maximum atomic E-state index is 10.8. The molecule has 1 fully saturated rings. The third kappa shape index (κ3) is 3.47. The van der Waals surface area contributed by atoms with Crippen molar-refractivity contribution in [2.24, 2.45) is 0 Å². The van der Waals surface area contributed by atoms with Crippen LogP contribution in [0.2, 0.25) is 0 Å². The Bertz CT molecular complexity index is 511. The predicted octanol–water partition coefficient (Wildman–Crippen LogP) is 0.904. The first-order chi connectivity index (χ1) is 10.5. The number of aromatic nitrogens is 2. The fraction of sp³-hybridized carbons (Fsp3) is 0.667. The molecule has 1 aliphatic heterocycles. The van der Waals surface area contributed by atoms with Crippen LogP contribution in [0.25, 0.3) is 0 Å². The molecule has 2 heterocycles. The lowest BCUT2D eigenvalue weighted by Gasteiger charge is -2.41. The number of nitrogens with one attached hydrogen (secondary N) is 3. The van der Waals surface area contributed by atoms with E-state index >= 15 is 0 Å². The third-order valence-corrected chi connectivity index (χ3v) is 4.30. The van der Waals surface area contributed by atoms with Crippen LogP contribution in [0.3, 0.4) is 0 Å². The second kappa shape index (κ2) is 6.91. The molecule has 0 atom stereocenters. The van der Waals surface area contributed by atoms with Crippen LogP contribution in [0.1, 0.15) is 38.3 Å². The van der Waals surface area contributed by atoms with Crippen molar-refractivity contribution in [3.05, 3.63) is 11.8 Å². The lowest BCUT2D eigenvalue weighted by Crippen LogP contribution is -2.60. The normalized spacial score (nSPS) is 17.4. The molecular formula is C15H26N6O. The van der Waals surface area contributed by atoms with Gasteiger partial charge in [-0.2, -0.15) is 4.98 Å². The highest BCUT2D eigenvalue weighted by atomic mass is 16.1. The lowest BCUT2D eigenvalue weighted by atomic mass is 9.97. The van der Waals surface area contributed by atoms with E-state index in [1.54, 1.807) is 0 Å². The molecule has 1 aromatic rings. The molecule has 3 N–H and O–H groups in total. The van der Waals surface area contributed by atoms with E-state index in [-0.39, 0.29) is 5.66 Å². The Balaban J connectivity index is 2.17. The average Bonchev–Trinajstić information content (AvgIpc) is 2.55. The summed E-state index contributed by atoms with van der Waals surface area (Å²) in [6, 6.07) is 2.06. The minimum atomic E-state index is -0.308. The highest BCUT2D eigenvalue weighted by molar-refractivity contribution is 5.49. The molecule has 0 spiro atoms. The molecule has 0 bridgehead atoms. The van der Waals surface area contributed by atoms with Crippen molar-refractivity contribution < 1.29 is 4.79 Å². The molecule has 0 aromatic carbocycles. The predicted molar refractivity (Wildman–Crippen MR) is 88.1 cm³/mol. The zero-order valence-corrected chi connectivity index (χ0v) is 13.8. The molecule has 0 unspecified atom stereocenters. The van der Waals surface area contributed by atoms with Crippen LogP contribution in [0.5, 0.6) is 0 Å². The molecule has 2 rings (SSSR count). The average molecular weight is 306 g/mol. The molecule has 0 aliphatic carbocycles. The monoisotopic (exact) mass is 306 g/mol. The Labute approximate surface area is 131 Å². The molecule has 1 aromatic heterocycles. The van der Waals surface area contributed by atoms with E-state index in [0.717, 1.165) is 43.9 Å². The van der Waals surface area contributed by atoms with Crippen molar-refractivity contribution in [1.82, 2.24) is 20.6 Å². The van der Waals surface area contributed by atoms with E-state index in [2.05, 4.69) is 50.7 Å². The highest BCUT2D eigenvalue weighted by Gasteiger charge is 2.33. The molecule has 0 radical (unpaired) electrons. The molecule has 1 saturated heterocycles. The lowest BCUT2D eigenvalue weighted by molar-refractivity contribution is -0.111. The Kier molecular flexibility index (Phi) is 5.18. The van der Waals surface area contributed by atoms with Gasteiger partial charge in [-0.25, -0.2) is 4.98 Å². The minimum Gasteiger partial charge on any atom is -0.357 e. The smallest absolute Gasteiger partial charge is 0.224 e. The van der Waals surface area contributed by atoms with Crippen LogP contribution in [-0.2, 0) is 4.79 Å². The summed E-state index contributed by atoms with van der Waals surface area (Å²) in [6.07, 6.45) is 2.43. The second-order valence-corrected chi connectivity index (χ2v) is 5.96. The topological polar surface area (TPSA) is 82.2 Å². The van der Waals surface area contributed by atoms with Crippen molar-refractivity contribution in [2.45, 2.75) is 38.3 Å². The van der Waals surface area contributed by atoms with Crippen molar-refractivity contribution in [2.75, 3.05) is 37.4 Å². The molecule has 1 aliphatic rings. The zero-order valence-electron chi connectivity index (χ0n) is 13.8. The van der Waals surface area contributed by atoms with E-state index in [1.165, 1.54) is 0 Å². The van der Waals surface area contributed by atoms with Gasteiger partial charge >= 0.3 is 0 Å². The van der Waals surface area contributed by atoms with Gasteiger partial charge in [0.05, 0.1) is 11.4 Å². The van der Waals surface area contributed by atoms with Crippen LogP contribution in [0.15, 0.2) is 6.07 Å². The van der Waals surface area contributed by atoms with Crippen molar-refractivity contribution in [3.63, 3.8) is 0 Å².